The summed E-state index contributed by atoms with van der Waals surface area (Å²) in [6, 6.07) is 8.20. The summed E-state index contributed by atoms with van der Waals surface area (Å²) in [6.07, 6.45) is 3.71. The summed E-state index contributed by atoms with van der Waals surface area (Å²) in [5.74, 6) is 0.897. The highest BCUT2D eigenvalue weighted by atomic mass is 32.1. The molecule has 0 saturated carbocycles. The number of aromatic amines is 1. The molecule has 2 heterocycles. The zero-order valence-corrected chi connectivity index (χ0v) is 14.9. The maximum Gasteiger partial charge on any atom is 0.379 e. The van der Waals surface area contributed by atoms with Crippen LogP contribution in [0.2, 0.25) is 0 Å². The second kappa shape index (κ2) is 7.79. The van der Waals surface area contributed by atoms with Gasteiger partial charge in [-0.1, -0.05) is 6.92 Å². The third-order valence-corrected chi connectivity index (χ3v) is 3.73. The fraction of sp³-hybridized carbons (Fsp3) is 0.176. The molecular weight excluding hydrogens is 356 g/mol. The highest BCUT2D eigenvalue weighted by Crippen LogP contribution is 2.28. The fourth-order valence-electron chi connectivity index (χ4n) is 2.19. The van der Waals surface area contributed by atoms with Gasteiger partial charge in [0.2, 0.25) is 10.5 Å². The Balaban J connectivity index is 1.82. The van der Waals surface area contributed by atoms with Gasteiger partial charge in [-0.3, -0.25) is 5.10 Å². The molecule has 0 bridgehead atoms. The third-order valence-electron chi connectivity index (χ3n) is 3.47. The van der Waals surface area contributed by atoms with E-state index in [0.29, 0.717) is 16.9 Å². The minimum Gasteiger partial charge on any atom is -0.493 e. The van der Waals surface area contributed by atoms with Gasteiger partial charge in [0.25, 0.3) is 0 Å². The lowest BCUT2D eigenvalue weighted by Gasteiger charge is -2.09. The normalized spacial score (nSPS) is 11.0. The van der Waals surface area contributed by atoms with Crippen molar-refractivity contribution in [1.29, 1.82) is 0 Å². The SMILES string of the molecule is CCc1n[nH]c(=S)n1N=Cc1ccc(OC(=O)c2ccco2)c(OC)c1. The van der Waals surface area contributed by atoms with Crippen molar-refractivity contribution in [3.63, 3.8) is 0 Å². The molecular formula is C17H16N4O4S. The van der Waals surface area contributed by atoms with Crippen LogP contribution in [0.25, 0.3) is 0 Å². The van der Waals surface area contributed by atoms with Gasteiger partial charge in [0.1, 0.15) is 0 Å². The van der Waals surface area contributed by atoms with Crippen molar-refractivity contribution in [2.45, 2.75) is 13.3 Å². The van der Waals surface area contributed by atoms with E-state index in [0.717, 1.165) is 11.4 Å². The molecule has 0 fully saturated rings. The summed E-state index contributed by atoms with van der Waals surface area (Å²) in [5, 5.41) is 11.1. The third kappa shape index (κ3) is 3.72. The number of aromatic nitrogens is 3. The van der Waals surface area contributed by atoms with Crippen molar-refractivity contribution in [1.82, 2.24) is 14.9 Å². The molecule has 0 unspecified atom stereocenters. The molecule has 9 heteroatoms. The van der Waals surface area contributed by atoms with Crippen molar-refractivity contribution >= 4 is 24.4 Å². The largest absolute Gasteiger partial charge is 0.493 e. The van der Waals surface area contributed by atoms with Gasteiger partial charge in [-0.15, -0.1) is 0 Å². The molecule has 0 aliphatic heterocycles. The number of methoxy groups -OCH3 is 1. The van der Waals surface area contributed by atoms with E-state index in [1.165, 1.54) is 19.4 Å². The molecule has 3 rings (SSSR count). The number of ether oxygens (including phenoxy) is 2. The summed E-state index contributed by atoms with van der Waals surface area (Å²) < 4.78 is 17.6. The number of benzene rings is 1. The summed E-state index contributed by atoms with van der Waals surface area (Å²) in [7, 11) is 1.49. The number of aryl methyl sites for hydroxylation is 1. The van der Waals surface area contributed by atoms with Gasteiger partial charge >= 0.3 is 5.97 Å². The molecule has 0 saturated heterocycles. The van der Waals surface area contributed by atoms with E-state index in [4.69, 9.17) is 26.1 Å². The molecule has 26 heavy (non-hydrogen) atoms. The average molecular weight is 372 g/mol. The first kappa shape index (κ1) is 17.6. The molecule has 0 atom stereocenters. The van der Waals surface area contributed by atoms with Crippen LogP contribution in [-0.4, -0.2) is 34.2 Å². The molecule has 1 N–H and O–H groups in total. The summed E-state index contributed by atoms with van der Waals surface area (Å²) in [4.78, 5) is 12.0. The van der Waals surface area contributed by atoms with Gasteiger partial charge in [-0.25, -0.2) is 4.79 Å². The first-order chi connectivity index (χ1) is 12.6. The number of hydrogen-bond acceptors (Lipinski definition) is 7. The van der Waals surface area contributed by atoms with Crippen LogP contribution >= 0.6 is 12.2 Å². The van der Waals surface area contributed by atoms with E-state index in [1.54, 1.807) is 35.2 Å². The number of rotatable bonds is 6. The van der Waals surface area contributed by atoms with Gasteiger partial charge in [0, 0.05) is 6.42 Å². The quantitative estimate of drug-likeness (QED) is 0.309. The maximum atomic E-state index is 12.0. The van der Waals surface area contributed by atoms with E-state index in [1.807, 2.05) is 6.92 Å². The van der Waals surface area contributed by atoms with Gasteiger partial charge in [-0.05, 0) is 48.1 Å². The Morgan fingerprint density at radius 2 is 2.27 bits per heavy atom. The zero-order chi connectivity index (χ0) is 18.5. The van der Waals surface area contributed by atoms with E-state index in [2.05, 4.69) is 15.3 Å². The maximum absolute atomic E-state index is 12.0. The predicted octanol–water partition coefficient (Wildman–Crippen LogP) is 3.21. The van der Waals surface area contributed by atoms with Crippen LogP contribution < -0.4 is 9.47 Å². The predicted molar refractivity (Wildman–Crippen MR) is 96.4 cm³/mol. The zero-order valence-electron chi connectivity index (χ0n) is 14.1. The van der Waals surface area contributed by atoms with Crippen LogP contribution in [0.4, 0.5) is 0 Å². The highest BCUT2D eigenvalue weighted by molar-refractivity contribution is 7.71. The average Bonchev–Trinajstić information content (AvgIpc) is 3.30. The van der Waals surface area contributed by atoms with Crippen LogP contribution in [0.5, 0.6) is 11.5 Å². The van der Waals surface area contributed by atoms with E-state index in [9.17, 15) is 4.79 Å². The molecule has 2 aromatic heterocycles. The Morgan fingerprint density at radius 1 is 1.42 bits per heavy atom. The number of esters is 1. The summed E-state index contributed by atoms with van der Waals surface area (Å²) >= 11 is 5.15. The van der Waals surface area contributed by atoms with E-state index in [-0.39, 0.29) is 11.5 Å². The number of H-pyrrole nitrogens is 1. The number of nitrogens with zero attached hydrogens (tertiary/aromatic N) is 3. The summed E-state index contributed by atoms with van der Waals surface area (Å²) in [6.45, 7) is 1.96. The standard InChI is InChI=1S/C17H16N4O4S/c1-3-15-19-20-17(26)21(15)18-10-11-6-7-12(14(9-11)23-2)25-16(22)13-5-4-8-24-13/h4-10H,3H2,1-2H3,(H,20,26). The molecule has 3 aromatic rings. The van der Waals surface area contributed by atoms with Gasteiger partial charge in [0.05, 0.1) is 19.6 Å². The van der Waals surface area contributed by atoms with Crippen LogP contribution in [0.1, 0.15) is 28.9 Å². The first-order valence-electron chi connectivity index (χ1n) is 7.76. The van der Waals surface area contributed by atoms with Crippen LogP contribution in [0.3, 0.4) is 0 Å². The van der Waals surface area contributed by atoms with E-state index >= 15 is 0 Å². The van der Waals surface area contributed by atoms with Crippen molar-refractivity contribution in [3.05, 3.63) is 58.5 Å². The smallest absolute Gasteiger partial charge is 0.379 e. The molecule has 0 aliphatic rings. The number of carbonyl (C=O) groups is 1. The molecule has 0 spiro atoms. The highest BCUT2D eigenvalue weighted by Gasteiger charge is 2.14. The second-order valence-corrected chi connectivity index (χ2v) is 5.52. The van der Waals surface area contributed by atoms with Crippen LogP contribution in [-0.2, 0) is 6.42 Å². The van der Waals surface area contributed by atoms with Crippen LogP contribution in [0, 0.1) is 4.77 Å². The Bertz CT molecular complexity index is 989. The molecule has 0 radical (unpaired) electrons. The monoisotopic (exact) mass is 372 g/mol. The number of hydrogen-bond donors (Lipinski definition) is 1. The Morgan fingerprint density at radius 3 is 2.96 bits per heavy atom. The molecule has 0 amide bonds. The topological polar surface area (TPSA) is 94.6 Å². The minimum absolute atomic E-state index is 0.110. The lowest BCUT2D eigenvalue weighted by molar-refractivity contribution is 0.0696. The number of furan rings is 1. The van der Waals surface area contributed by atoms with Crippen molar-refractivity contribution in [3.8, 4) is 11.5 Å². The fourth-order valence-corrected chi connectivity index (χ4v) is 2.39. The Labute approximate surface area is 154 Å². The molecule has 1 aromatic carbocycles. The summed E-state index contributed by atoms with van der Waals surface area (Å²) in [5.41, 5.74) is 0.741. The number of carbonyl (C=O) groups excluding carboxylic acids is 1. The second-order valence-electron chi connectivity index (χ2n) is 5.13. The van der Waals surface area contributed by atoms with Crippen LogP contribution in [0.15, 0.2) is 46.1 Å². The molecule has 0 aliphatic carbocycles. The van der Waals surface area contributed by atoms with Gasteiger partial charge < -0.3 is 13.9 Å². The lowest BCUT2D eigenvalue weighted by Crippen LogP contribution is -2.08. The number of nitrogens with one attached hydrogen (secondary N) is 1. The Kier molecular flexibility index (Phi) is 5.28. The van der Waals surface area contributed by atoms with Gasteiger partial charge in [-0.2, -0.15) is 14.9 Å². The van der Waals surface area contributed by atoms with E-state index < -0.39 is 5.97 Å². The molecule has 134 valence electrons. The van der Waals surface area contributed by atoms with Gasteiger partial charge in [0.15, 0.2) is 17.3 Å². The van der Waals surface area contributed by atoms with Crippen molar-refractivity contribution in [2.24, 2.45) is 5.10 Å². The van der Waals surface area contributed by atoms with Crippen molar-refractivity contribution in [2.75, 3.05) is 7.11 Å². The Hall–Kier alpha value is -3.20. The first-order valence-corrected chi connectivity index (χ1v) is 8.17. The van der Waals surface area contributed by atoms with Crippen molar-refractivity contribution < 1.29 is 18.7 Å². The molecule has 8 nitrogen and oxygen atoms in total. The lowest BCUT2D eigenvalue weighted by atomic mass is 10.2. The minimum atomic E-state index is -0.605.